The van der Waals surface area contributed by atoms with Crippen LogP contribution in [0.15, 0.2) is 67.0 Å². The Labute approximate surface area is 192 Å². The maximum atomic E-state index is 13.9. The molecule has 5 nitrogen and oxygen atoms in total. The predicted octanol–water partition coefficient (Wildman–Crippen LogP) is 5.46. The summed E-state index contributed by atoms with van der Waals surface area (Å²) in [6, 6.07) is 16.4. The number of hydrogen-bond donors (Lipinski definition) is 2. The molecule has 0 radical (unpaired) electrons. The van der Waals surface area contributed by atoms with E-state index in [1.54, 1.807) is 25.4 Å². The standard InChI is InChI=1S/C25H25FN4OS/c1-17-22(23-13-19(26)8-9-24(23)28-17)10-12-30(16-18-5-4-11-27-15-18)25(32)29-20-6-3-7-21(14-20)31-2/h3-9,11,13-15,28H,10,12,16H2,1-2H3,(H,29,32). The monoisotopic (exact) mass is 448 g/mol. The van der Waals surface area contributed by atoms with Crippen LogP contribution in [-0.4, -0.2) is 33.6 Å². The fraction of sp³-hybridized carbons (Fsp3) is 0.200. The van der Waals surface area contributed by atoms with Crippen molar-refractivity contribution in [1.82, 2.24) is 14.9 Å². The molecule has 0 amide bonds. The summed E-state index contributed by atoms with van der Waals surface area (Å²) >= 11 is 5.77. The van der Waals surface area contributed by atoms with Gasteiger partial charge in [0.05, 0.1) is 7.11 Å². The zero-order valence-electron chi connectivity index (χ0n) is 18.1. The third kappa shape index (κ3) is 5.06. The van der Waals surface area contributed by atoms with Crippen molar-refractivity contribution in [1.29, 1.82) is 0 Å². The van der Waals surface area contributed by atoms with Crippen molar-refractivity contribution >= 4 is 33.9 Å². The van der Waals surface area contributed by atoms with E-state index in [-0.39, 0.29) is 5.82 Å². The molecule has 0 aliphatic carbocycles. The number of aromatic amines is 1. The molecule has 0 aliphatic rings. The lowest BCUT2D eigenvalue weighted by atomic mass is 10.1. The first-order chi connectivity index (χ1) is 15.5. The highest BCUT2D eigenvalue weighted by atomic mass is 32.1. The molecule has 164 valence electrons. The second-order valence-corrected chi connectivity index (χ2v) is 8.00. The van der Waals surface area contributed by atoms with Crippen LogP contribution in [-0.2, 0) is 13.0 Å². The molecule has 4 aromatic rings. The minimum Gasteiger partial charge on any atom is -0.497 e. The van der Waals surface area contributed by atoms with E-state index in [0.717, 1.165) is 45.6 Å². The van der Waals surface area contributed by atoms with Gasteiger partial charge in [-0.15, -0.1) is 0 Å². The van der Waals surface area contributed by atoms with Crippen LogP contribution in [0, 0.1) is 12.7 Å². The van der Waals surface area contributed by atoms with Crippen molar-refractivity contribution in [2.45, 2.75) is 19.9 Å². The van der Waals surface area contributed by atoms with Crippen LogP contribution in [0.2, 0.25) is 0 Å². The van der Waals surface area contributed by atoms with Gasteiger partial charge < -0.3 is 19.9 Å². The SMILES string of the molecule is COc1cccc(NC(=S)N(CCc2c(C)[nH]c3ccc(F)cc23)Cc2cccnc2)c1. The van der Waals surface area contributed by atoms with E-state index in [4.69, 9.17) is 17.0 Å². The van der Waals surface area contributed by atoms with E-state index >= 15 is 0 Å². The summed E-state index contributed by atoms with van der Waals surface area (Å²) in [6.45, 7) is 3.29. The third-order valence-corrected chi connectivity index (χ3v) is 5.78. The lowest BCUT2D eigenvalue weighted by Gasteiger charge is -2.26. The molecule has 4 rings (SSSR count). The molecule has 0 spiro atoms. The van der Waals surface area contributed by atoms with E-state index in [9.17, 15) is 4.39 Å². The Morgan fingerprint density at radius 1 is 1.19 bits per heavy atom. The summed E-state index contributed by atoms with van der Waals surface area (Å²) in [6.07, 6.45) is 4.31. The van der Waals surface area contributed by atoms with E-state index in [2.05, 4.69) is 20.2 Å². The van der Waals surface area contributed by atoms with Crippen LogP contribution in [0.25, 0.3) is 10.9 Å². The zero-order chi connectivity index (χ0) is 22.5. The van der Waals surface area contributed by atoms with Gasteiger partial charge in [-0.3, -0.25) is 4.98 Å². The van der Waals surface area contributed by atoms with Crippen molar-refractivity contribution in [3.8, 4) is 5.75 Å². The maximum Gasteiger partial charge on any atom is 0.173 e. The van der Waals surface area contributed by atoms with Crippen molar-refractivity contribution in [3.05, 3.63) is 89.6 Å². The number of H-pyrrole nitrogens is 1. The van der Waals surface area contributed by atoms with E-state index < -0.39 is 0 Å². The number of nitrogens with zero attached hydrogens (tertiary/aromatic N) is 2. The quantitative estimate of drug-likeness (QED) is 0.368. The smallest absolute Gasteiger partial charge is 0.173 e. The second-order valence-electron chi connectivity index (χ2n) is 7.61. The van der Waals surface area contributed by atoms with Crippen LogP contribution in [0.4, 0.5) is 10.1 Å². The van der Waals surface area contributed by atoms with Gasteiger partial charge in [0.15, 0.2) is 5.11 Å². The lowest BCUT2D eigenvalue weighted by molar-refractivity contribution is 0.414. The van der Waals surface area contributed by atoms with Gasteiger partial charge in [0.2, 0.25) is 0 Å². The number of aromatic nitrogens is 2. The van der Waals surface area contributed by atoms with Crippen LogP contribution < -0.4 is 10.1 Å². The Hall–Kier alpha value is -3.45. The van der Waals surface area contributed by atoms with Gasteiger partial charge in [0.25, 0.3) is 0 Å². The molecule has 2 N–H and O–H groups in total. The van der Waals surface area contributed by atoms with Gasteiger partial charge in [-0.1, -0.05) is 12.1 Å². The third-order valence-electron chi connectivity index (χ3n) is 5.42. The number of pyridine rings is 1. The molecule has 0 bridgehead atoms. The molecule has 0 aliphatic heterocycles. The second kappa shape index (κ2) is 9.78. The molecule has 2 aromatic heterocycles. The number of anilines is 1. The van der Waals surface area contributed by atoms with Crippen molar-refractivity contribution in [3.63, 3.8) is 0 Å². The lowest BCUT2D eigenvalue weighted by Crippen LogP contribution is -2.36. The highest BCUT2D eigenvalue weighted by Crippen LogP contribution is 2.24. The maximum absolute atomic E-state index is 13.9. The normalized spacial score (nSPS) is 10.8. The highest BCUT2D eigenvalue weighted by molar-refractivity contribution is 7.80. The number of fused-ring (bicyclic) bond motifs is 1. The summed E-state index contributed by atoms with van der Waals surface area (Å²) in [5, 5.41) is 4.83. The minimum absolute atomic E-state index is 0.236. The molecule has 0 atom stereocenters. The molecular formula is C25H25FN4OS. The molecule has 2 heterocycles. The van der Waals surface area contributed by atoms with Gasteiger partial charge in [-0.05, 0) is 73.1 Å². The van der Waals surface area contributed by atoms with Gasteiger partial charge in [-0.2, -0.15) is 0 Å². The van der Waals surface area contributed by atoms with Crippen molar-refractivity contribution in [2.75, 3.05) is 19.0 Å². The van der Waals surface area contributed by atoms with Crippen molar-refractivity contribution in [2.24, 2.45) is 0 Å². The number of aryl methyl sites for hydroxylation is 1. The number of benzene rings is 2. The number of thiocarbonyl (C=S) groups is 1. The van der Waals surface area contributed by atoms with Crippen molar-refractivity contribution < 1.29 is 9.13 Å². The molecule has 0 unspecified atom stereocenters. The summed E-state index contributed by atoms with van der Waals surface area (Å²) in [4.78, 5) is 9.68. The summed E-state index contributed by atoms with van der Waals surface area (Å²) in [5.74, 6) is 0.522. The zero-order valence-corrected chi connectivity index (χ0v) is 18.9. The predicted molar refractivity (Wildman–Crippen MR) is 131 cm³/mol. The van der Waals surface area contributed by atoms with Crippen LogP contribution in [0.1, 0.15) is 16.8 Å². The summed E-state index contributed by atoms with van der Waals surface area (Å²) < 4.78 is 19.2. The molecule has 7 heteroatoms. The fourth-order valence-corrected chi connectivity index (χ4v) is 4.07. The van der Waals surface area contributed by atoms with Crippen LogP contribution >= 0.6 is 12.2 Å². The van der Waals surface area contributed by atoms with Gasteiger partial charge >= 0.3 is 0 Å². The number of rotatable bonds is 7. The Morgan fingerprint density at radius 2 is 2.06 bits per heavy atom. The van der Waals surface area contributed by atoms with Crippen LogP contribution in [0.3, 0.4) is 0 Å². The first kappa shape index (κ1) is 21.8. The Kier molecular flexibility index (Phi) is 6.66. The largest absolute Gasteiger partial charge is 0.497 e. The Bertz CT molecular complexity index is 1230. The molecule has 32 heavy (non-hydrogen) atoms. The molecule has 0 fully saturated rings. The summed E-state index contributed by atoms with van der Waals surface area (Å²) in [5.41, 5.74) is 4.99. The molecule has 2 aromatic carbocycles. The first-order valence-corrected chi connectivity index (χ1v) is 10.8. The number of hydrogen-bond acceptors (Lipinski definition) is 3. The fourth-order valence-electron chi connectivity index (χ4n) is 3.79. The van der Waals surface area contributed by atoms with Crippen LogP contribution in [0.5, 0.6) is 5.75 Å². The van der Waals surface area contributed by atoms with E-state index in [1.165, 1.54) is 6.07 Å². The van der Waals surface area contributed by atoms with E-state index in [1.807, 2.05) is 49.5 Å². The Balaban J connectivity index is 1.56. The van der Waals surface area contributed by atoms with Gasteiger partial charge in [-0.25, -0.2) is 4.39 Å². The number of halogens is 1. The van der Waals surface area contributed by atoms with Gasteiger partial charge in [0, 0.05) is 53.8 Å². The molecule has 0 saturated heterocycles. The molecule has 0 saturated carbocycles. The van der Waals surface area contributed by atoms with E-state index in [0.29, 0.717) is 18.2 Å². The summed E-state index contributed by atoms with van der Waals surface area (Å²) in [7, 11) is 1.64. The minimum atomic E-state index is -0.236. The average molecular weight is 449 g/mol. The first-order valence-electron chi connectivity index (χ1n) is 10.4. The topological polar surface area (TPSA) is 53.2 Å². The Morgan fingerprint density at radius 3 is 2.84 bits per heavy atom. The average Bonchev–Trinajstić information content (AvgIpc) is 3.11. The number of nitrogens with one attached hydrogen (secondary N) is 2. The number of ether oxygens (including phenoxy) is 1. The van der Waals surface area contributed by atoms with Gasteiger partial charge in [0.1, 0.15) is 11.6 Å². The highest BCUT2D eigenvalue weighted by Gasteiger charge is 2.15. The number of methoxy groups -OCH3 is 1. The molecular weight excluding hydrogens is 423 g/mol.